The summed E-state index contributed by atoms with van der Waals surface area (Å²) in [6.45, 7) is 0. The Morgan fingerprint density at radius 3 is 2.11 bits per heavy atom. The van der Waals surface area contributed by atoms with Crippen molar-refractivity contribution in [3.8, 4) is 16.9 Å². The zero-order chi connectivity index (χ0) is 18.5. The van der Waals surface area contributed by atoms with Gasteiger partial charge in [0.25, 0.3) is 0 Å². The van der Waals surface area contributed by atoms with Crippen molar-refractivity contribution in [2.24, 2.45) is 7.05 Å². The molecule has 132 valence electrons. The highest BCUT2D eigenvalue weighted by molar-refractivity contribution is 6.13. The topological polar surface area (TPSA) is 35.6 Å². The van der Waals surface area contributed by atoms with Gasteiger partial charge in [-0.25, -0.2) is 4.79 Å². The van der Waals surface area contributed by atoms with Crippen molar-refractivity contribution in [2.45, 2.75) is 0 Å². The van der Waals surface area contributed by atoms with E-state index >= 15 is 0 Å². The Morgan fingerprint density at radius 1 is 0.778 bits per heavy atom. The van der Waals surface area contributed by atoms with E-state index in [1.54, 1.807) is 11.7 Å². The average Bonchev–Trinajstić information content (AvgIpc) is 3.07. The predicted octanol–water partition coefficient (Wildman–Crippen LogP) is 4.62. The minimum Gasteiger partial charge on any atom is -0.497 e. The van der Waals surface area contributed by atoms with Crippen molar-refractivity contribution in [1.29, 1.82) is 0 Å². The lowest BCUT2D eigenvalue weighted by Gasteiger charge is -2.10. The fourth-order valence-electron chi connectivity index (χ4n) is 3.96. The standard InChI is InChI=1S/C23H18N2O2/c1-24-19-9-5-4-8-18(19)22-21(15-11-13-16(27-2)14-12-15)17-7-3-6-10-20(17)25(22)23(24)26/h3-14H,1-2H3. The molecule has 0 saturated carbocycles. The van der Waals surface area contributed by atoms with E-state index in [4.69, 9.17) is 4.74 Å². The van der Waals surface area contributed by atoms with Gasteiger partial charge in [-0.15, -0.1) is 0 Å². The Hall–Kier alpha value is -3.53. The van der Waals surface area contributed by atoms with Crippen molar-refractivity contribution in [1.82, 2.24) is 8.97 Å². The molecule has 4 nitrogen and oxygen atoms in total. The van der Waals surface area contributed by atoms with Gasteiger partial charge in [-0.1, -0.05) is 48.5 Å². The van der Waals surface area contributed by atoms with Gasteiger partial charge in [0.05, 0.1) is 23.7 Å². The maximum Gasteiger partial charge on any atom is 0.333 e. The summed E-state index contributed by atoms with van der Waals surface area (Å²) >= 11 is 0. The number of ether oxygens (including phenoxy) is 1. The molecule has 2 heterocycles. The van der Waals surface area contributed by atoms with Crippen molar-refractivity contribution in [3.05, 3.63) is 83.3 Å². The maximum atomic E-state index is 13.2. The van der Waals surface area contributed by atoms with Crippen LogP contribution in [0.2, 0.25) is 0 Å². The molecule has 0 spiro atoms. The van der Waals surface area contributed by atoms with E-state index in [9.17, 15) is 4.79 Å². The molecule has 0 aliphatic carbocycles. The van der Waals surface area contributed by atoms with Crippen molar-refractivity contribution < 1.29 is 4.74 Å². The Balaban J connectivity index is 2.06. The Labute approximate surface area is 155 Å². The van der Waals surface area contributed by atoms with E-state index in [2.05, 4.69) is 12.1 Å². The maximum absolute atomic E-state index is 13.2. The summed E-state index contributed by atoms with van der Waals surface area (Å²) in [5, 5.41) is 2.12. The van der Waals surface area contributed by atoms with Gasteiger partial charge < -0.3 is 4.74 Å². The number of hydrogen-bond acceptors (Lipinski definition) is 2. The first-order valence-electron chi connectivity index (χ1n) is 8.86. The molecule has 0 radical (unpaired) electrons. The zero-order valence-corrected chi connectivity index (χ0v) is 15.1. The molecule has 0 fully saturated rings. The molecule has 4 heteroatoms. The SMILES string of the molecule is COc1ccc(-c2c3ccccc3n3c(=O)n(C)c4ccccc4c23)cc1. The third-order valence-electron chi connectivity index (χ3n) is 5.25. The zero-order valence-electron chi connectivity index (χ0n) is 15.1. The molecule has 2 aromatic heterocycles. The van der Waals surface area contributed by atoms with Crippen LogP contribution in [0.4, 0.5) is 0 Å². The van der Waals surface area contributed by atoms with Crippen LogP contribution in [0.5, 0.6) is 5.75 Å². The molecule has 3 aromatic carbocycles. The van der Waals surface area contributed by atoms with Gasteiger partial charge in [0.15, 0.2) is 0 Å². The largest absolute Gasteiger partial charge is 0.497 e. The van der Waals surface area contributed by atoms with E-state index in [1.165, 1.54) is 0 Å². The van der Waals surface area contributed by atoms with E-state index in [-0.39, 0.29) is 5.69 Å². The third kappa shape index (κ3) is 2.13. The van der Waals surface area contributed by atoms with Gasteiger partial charge in [0.1, 0.15) is 5.75 Å². The molecule has 0 bridgehead atoms. The van der Waals surface area contributed by atoms with Crippen molar-refractivity contribution >= 4 is 27.3 Å². The fourth-order valence-corrected chi connectivity index (χ4v) is 3.96. The van der Waals surface area contributed by atoms with Crippen LogP contribution in [0.1, 0.15) is 0 Å². The van der Waals surface area contributed by atoms with Crippen LogP contribution in [0.25, 0.3) is 38.4 Å². The summed E-state index contributed by atoms with van der Waals surface area (Å²) in [6.07, 6.45) is 0. The van der Waals surface area contributed by atoms with Gasteiger partial charge in [-0.3, -0.25) is 8.97 Å². The fraction of sp³-hybridized carbons (Fsp3) is 0.0870. The molecular formula is C23H18N2O2. The normalized spacial score (nSPS) is 11.5. The summed E-state index contributed by atoms with van der Waals surface area (Å²) in [6, 6.07) is 24.1. The summed E-state index contributed by atoms with van der Waals surface area (Å²) in [4.78, 5) is 13.2. The lowest BCUT2D eigenvalue weighted by molar-refractivity contribution is 0.415. The van der Waals surface area contributed by atoms with E-state index in [1.807, 2.05) is 72.1 Å². The molecule has 0 amide bonds. The first kappa shape index (κ1) is 15.7. The quantitative estimate of drug-likeness (QED) is 0.464. The first-order valence-corrected chi connectivity index (χ1v) is 8.86. The molecule has 0 atom stereocenters. The van der Waals surface area contributed by atoms with E-state index in [0.29, 0.717) is 0 Å². The Bertz CT molecular complexity index is 1380. The van der Waals surface area contributed by atoms with Gasteiger partial charge in [-0.05, 0) is 29.8 Å². The monoisotopic (exact) mass is 354 g/mol. The van der Waals surface area contributed by atoms with E-state index in [0.717, 1.165) is 44.2 Å². The predicted molar refractivity (Wildman–Crippen MR) is 110 cm³/mol. The van der Waals surface area contributed by atoms with Gasteiger partial charge in [0, 0.05) is 23.4 Å². The average molecular weight is 354 g/mol. The molecule has 0 N–H and O–H groups in total. The number of para-hydroxylation sites is 2. The minimum absolute atomic E-state index is 0.0420. The number of methoxy groups -OCH3 is 1. The number of benzene rings is 3. The third-order valence-corrected chi connectivity index (χ3v) is 5.25. The molecule has 5 aromatic rings. The highest BCUT2D eigenvalue weighted by Gasteiger charge is 2.19. The number of nitrogens with zero attached hydrogens (tertiary/aromatic N) is 2. The van der Waals surface area contributed by atoms with Crippen LogP contribution in [0, 0.1) is 0 Å². The van der Waals surface area contributed by atoms with Gasteiger partial charge in [0.2, 0.25) is 0 Å². The first-order chi connectivity index (χ1) is 13.2. The van der Waals surface area contributed by atoms with Crippen molar-refractivity contribution in [3.63, 3.8) is 0 Å². The number of fused-ring (bicyclic) bond motifs is 5. The Kier molecular flexibility index (Phi) is 3.34. The molecule has 27 heavy (non-hydrogen) atoms. The number of hydrogen-bond donors (Lipinski definition) is 0. The van der Waals surface area contributed by atoms with Crippen molar-refractivity contribution in [2.75, 3.05) is 7.11 Å². The van der Waals surface area contributed by atoms with Crippen LogP contribution >= 0.6 is 0 Å². The minimum atomic E-state index is -0.0420. The summed E-state index contributed by atoms with van der Waals surface area (Å²) in [7, 11) is 3.49. The number of aryl methyl sites for hydroxylation is 1. The molecule has 0 saturated heterocycles. The highest BCUT2D eigenvalue weighted by Crippen LogP contribution is 2.38. The second-order valence-corrected chi connectivity index (χ2v) is 6.66. The lowest BCUT2D eigenvalue weighted by atomic mass is 10.0. The Morgan fingerprint density at radius 2 is 1.41 bits per heavy atom. The van der Waals surface area contributed by atoms with Crippen LogP contribution in [0.15, 0.2) is 77.6 Å². The van der Waals surface area contributed by atoms with Gasteiger partial charge in [-0.2, -0.15) is 0 Å². The molecule has 5 rings (SSSR count). The summed E-state index contributed by atoms with van der Waals surface area (Å²) < 4.78 is 8.85. The van der Waals surface area contributed by atoms with Crippen LogP contribution in [0.3, 0.4) is 0 Å². The highest BCUT2D eigenvalue weighted by atomic mass is 16.5. The van der Waals surface area contributed by atoms with Crippen LogP contribution < -0.4 is 10.4 Å². The lowest BCUT2D eigenvalue weighted by Crippen LogP contribution is -2.24. The van der Waals surface area contributed by atoms with Crippen LogP contribution in [-0.2, 0) is 7.05 Å². The second kappa shape index (κ2) is 5.74. The summed E-state index contributed by atoms with van der Waals surface area (Å²) in [5.74, 6) is 0.812. The van der Waals surface area contributed by atoms with Crippen LogP contribution in [-0.4, -0.2) is 16.1 Å². The second-order valence-electron chi connectivity index (χ2n) is 6.66. The summed E-state index contributed by atoms with van der Waals surface area (Å²) in [5.41, 5.74) is 4.88. The van der Waals surface area contributed by atoms with E-state index < -0.39 is 0 Å². The smallest absolute Gasteiger partial charge is 0.333 e. The number of aromatic nitrogens is 2. The number of rotatable bonds is 2. The molecule has 0 unspecified atom stereocenters. The molecular weight excluding hydrogens is 336 g/mol. The molecule has 0 aliphatic rings. The van der Waals surface area contributed by atoms with Gasteiger partial charge >= 0.3 is 5.69 Å². The molecule has 0 aliphatic heterocycles.